The molecule has 0 saturated carbocycles. The summed E-state index contributed by atoms with van der Waals surface area (Å²) in [6.45, 7) is 5.83. The molecule has 0 fully saturated rings. The van der Waals surface area contributed by atoms with Crippen molar-refractivity contribution in [1.82, 2.24) is 0 Å². The van der Waals surface area contributed by atoms with E-state index in [1.54, 1.807) is 6.92 Å². The largest absolute Gasteiger partial charge is 0.229 e. The third-order valence-corrected chi connectivity index (χ3v) is 5.09. The summed E-state index contributed by atoms with van der Waals surface area (Å²) < 4.78 is 22.4. The molecule has 0 amide bonds. The third kappa shape index (κ3) is 5.86. The van der Waals surface area contributed by atoms with E-state index in [9.17, 15) is 8.42 Å². The van der Waals surface area contributed by atoms with Crippen molar-refractivity contribution in [3.8, 4) is 0 Å². The average molecular weight is 241 g/mol. The second-order valence-corrected chi connectivity index (χ2v) is 6.81. The SMILES string of the molecule is CCC(Cl)C(C)CCCS(=O)(=O)CC. The Morgan fingerprint density at radius 3 is 2.29 bits per heavy atom. The highest BCUT2D eigenvalue weighted by Gasteiger charge is 2.14. The maximum atomic E-state index is 11.2. The quantitative estimate of drug-likeness (QED) is 0.642. The maximum Gasteiger partial charge on any atom is 0.150 e. The fourth-order valence-electron chi connectivity index (χ4n) is 1.35. The van der Waals surface area contributed by atoms with Crippen molar-refractivity contribution in [2.45, 2.75) is 45.4 Å². The molecule has 86 valence electrons. The molecule has 0 aliphatic heterocycles. The van der Waals surface area contributed by atoms with Crippen LogP contribution in [0.15, 0.2) is 0 Å². The molecule has 0 heterocycles. The second-order valence-electron chi connectivity index (χ2n) is 3.78. The topological polar surface area (TPSA) is 34.1 Å². The Hall–Kier alpha value is 0.240. The minimum absolute atomic E-state index is 0.180. The van der Waals surface area contributed by atoms with Crippen molar-refractivity contribution < 1.29 is 8.42 Å². The van der Waals surface area contributed by atoms with Crippen LogP contribution in [0.25, 0.3) is 0 Å². The van der Waals surface area contributed by atoms with Crippen molar-refractivity contribution in [3.63, 3.8) is 0 Å². The lowest BCUT2D eigenvalue weighted by molar-refractivity contribution is 0.486. The zero-order chi connectivity index (χ0) is 11.2. The highest BCUT2D eigenvalue weighted by atomic mass is 35.5. The predicted molar refractivity (Wildman–Crippen MR) is 62.7 cm³/mol. The molecule has 0 radical (unpaired) electrons. The number of hydrogen-bond donors (Lipinski definition) is 0. The molecule has 0 saturated heterocycles. The molecule has 4 heteroatoms. The first-order valence-corrected chi connectivity index (χ1v) is 7.53. The Labute approximate surface area is 93.0 Å². The van der Waals surface area contributed by atoms with Crippen LogP contribution in [0.5, 0.6) is 0 Å². The Bertz CT molecular complexity index is 237. The number of alkyl halides is 1. The van der Waals surface area contributed by atoms with Crippen LogP contribution in [0.4, 0.5) is 0 Å². The van der Waals surface area contributed by atoms with Gasteiger partial charge >= 0.3 is 0 Å². The van der Waals surface area contributed by atoms with E-state index >= 15 is 0 Å². The first kappa shape index (κ1) is 14.2. The van der Waals surface area contributed by atoms with Crippen LogP contribution in [0.3, 0.4) is 0 Å². The van der Waals surface area contributed by atoms with E-state index in [1.807, 2.05) is 0 Å². The molecular weight excluding hydrogens is 220 g/mol. The molecule has 2 unspecified atom stereocenters. The fourth-order valence-corrected chi connectivity index (χ4v) is 2.37. The van der Waals surface area contributed by atoms with Crippen molar-refractivity contribution in [1.29, 1.82) is 0 Å². The van der Waals surface area contributed by atoms with Gasteiger partial charge in [-0.25, -0.2) is 8.42 Å². The molecule has 0 spiro atoms. The zero-order valence-electron chi connectivity index (χ0n) is 9.29. The van der Waals surface area contributed by atoms with E-state index < -0.39 is 9.84 Å². The van der Waals surface area contributed by atoms with Crippen LogP contribution in [0.2, 0.25) is 0 Å². The van der Waals surface area contributed by atoms with Gasteiger partial charge in [0.2, 0.25) is 0 Å². The highest BCUT2D eigenvalue weighted by Crippen LogP contribution is 2.19. The Balaban J connectivity index is 3.75. The second kappa shape index (κ2) is 6.67. The van der Waals surface area contributed by atoms with Gasteiger partial charge in [0, 0.05) is 11.1 Å². The number of halogens is 1. The van der Waals surface area contributed by atoms with Gasteiger partial charge in [-0.15, -0.1) is 11.6 Å². The summed E-state index contributed by atoms with van der Waals surface area (Å²) in [5.41, 5.74) is 0. The van der Waals surface area contributed by atoms with E-state index in [-0.39, 0.29) is 11.1 Å². The van der Waals surface area contributed by atoms with Gasteiger partial charge in [-0.2, -0.15) is 0 Å². The summed E-state index contributed by atoms with van der Waals surface area (Å²) in [6, 6.07) is 0. The van der Waals surface area contributed by atoms with Crippen LogP contribution in [-0.2, 0) is 9.84 Å². The van der Waals surface area contributed by atoms with E-state index in [0.717, 1.165) is 19.3 Å². The molecule has 0 rings (SSSR count). The van der Waals surface area contributed by atoms with Crippen molar-refractivity contribution >= 4 is 21.4 Å². The lowest BCUT2D eigenvalue weighted by atomic mass is 10.0. The normalized spacial score (nSPS) is 16.6. The number of sulfone groups is 1. The molecule has 2 nitrogen and oxygen atoms in total. The van der Waals surface area contributed by atoms with Crippen LogP contribution in [0.1, 0.15) is 40.0 Å². The monoisotopic (exact) mass is 240 g/mol. The maximum absolute atomic E-state index is 11.2. The van der Waals surface area contributed by atoms with E-state index in [2.05, 4.69) is 13.8 Å². The molecule has 0 bridgehead atoms. The molecule has 0 aliphatic rings. The molecule has 0 aromatic rings. The van der Waals surface area contributed by atoms with Crippen molar-refractivity contribution in [3.05, 3.63) is 0 Å². The summed E-state index contributed by atoms with van der Waals surface area (Å²) >= 11 is 6.05. The third-order valence-electron chi connectivity index (χ3n) is 2.56. The van der Waals surface area contributed by atoms with Gasteiger partial charge in [-0.05, 0) is 25.2 Å². The van der Waals surface area contributed by atoms with Gasteiger partial charge < -0.3 is 0 Å². The Morgan fingerprint density at radius 2 is 1.86 bits per heavy atom. The molecule has 0 N–H and O–H groups in total. The van der Waals surface area contributed by atoms with Gasteiger partial charge in [0.15, 0.2) is 0 Å². The summed E-state index contributed by atoms with van der Waals surface area (Å²) in [5, 5.41) is 0.180. The standard InChI is InChI=1S/C10H21ClO2S/c1-4-10(11)9(3)7-6-8-14(12,13)5-2/h9-10H,4-8H2,1-3H3. The first-order chi connectivity index (χ1) is 6.43. The van der Waals surface area contributed by atoms with Gasteiger partial charge in [-0.1, -0.05) is 20.8 Å². The van der Waals surface area contributed by atoms with Crippen LogP contribution < -0.4 is 0 Å². The fraction of sp³-hybridized carbons (Fsp3) is 1.00. The van der Waals surface area contributed by atoms with Crippen molar-refractivity contribution in [2.75, 3.05) is 11.5 Å². The minimum Gasteiger partial charge on any atom is -0.229 e. The zero-order valence-corrected chi connectivity index (χ0v) is 10.9. The number of rotatable bonds is 7. The van der Waals surface area contributed by atoms with Gasteiger partial charge in [0.1, 0.15) is 9.84 Å². The molecular formula is C10H21ClO2S. The number of hydrogen-bond acceptors (Lipinski definition) is 2. The highest BCUT2D eigenvalue weighted by molar-refractivity contribution is 7.91. The van der Waals surface area contributed by atoms with E-state index in [4.69, 9.17) is 11.6 Å². The Morgan fingerprint density at radius 1 is 1.29 bits per heavy atom. The van der Waals surface area contributed by atoms with Gasteiger partial charge in [0.25, 0.3) is 0 Å². The van der Waals surface area contributed by atoms with Crippen LogP contribution in [0, 0.1) is 5.92 Å². The molecule has 2 atom stereocenters. The Kier molecular flexibility index (Phi) is 6.79. The van der Waals surface area contributed by atoms with Gasteiger partial charge in [-0.3, -0.25) is 0 Å². The first-order valence-electron chi connectivity index (χ1n) is 5.27. The van der Waals surface area contributed by atoms with E-state index in [1.165, 1.54) is 0 Å². The summed E-state index contributed by atoms with van der Waals surface area (Å²) in [4.78, 5) is 0. The predicted octanol–water partition coefficient (Wildman–Crippen LogP) is 2.85. The minimum atomic E-state index is -2.79. The average Bonchev–Trinajstić information content (AvgIpc) is 2.16. The molecule has 0 aromatic carbocycles. The molecule has 0 aromatic heterocycles. The van der Waals surface area contributed by atoms with Crippen molar-refractivity contribution in [2.24, 2.45) is 5.92 Å². The van der Waals surface area contributed by atoms with E-state index in [0.29, 0.717) is 11.7 Å². The lowest BCUT2D eigenvalue weighted by Crippen LogP contribution is -2.14. The lowest BCUT2D eigenvalue weighted by Gasteiger charge is -2.15. The summed E-state index contributed by atoms with van der Waals surface area (Å²) in [6.07, 6.45) is 2.59. The smallest absolute Gasteiger partial charge is 0.150 e. The molecule has 14 heavy (non-hydrogen) atoms. The van der Waals surface area contributed by atoms with Crippen LogP contribution in [-0.4, -0.2) is 25.3 Å². The molecule has 0 aliphatic carbocycles. The van der Waals surface area contributed by atoms with Crippen LogP contribution >= 0.6 is 11.6 Å². The van der Waals surface area contributed by atoms with Gasteiger partial charge in [0.05, 0.1) is 5.75 Å². The summed E-state index contributed by atoms with van der Waals surface area (Å²) in [7, 11) is -2.79. The summed E-state index contributed by atoms with van der Waals surface area (Å²) in [5.74, 6) is 0.967.